The Labute approximate surface area is 170 Å². The average molecular weight is 382 g/mol. The maximum atomic E-state index is 12.7. The fraction of sp³-hybridized carbons (Fsp3) is 0.120. The first kappa shape index (κ1) is 18.7. The molecule has 0 bridgehead atoms. The first-order chi connectivity index (χ1) is 14.3. The Bertz CT molecular complexity index is 1000. The largest absolute Gasteiger partial charge is 0.441 e. The molecule has 0 spiro atoms. The van der Waals surface area contributed by atoms with Crippen LogP contribution in [-0.2, 0) is 11.2 Å². The Balaban J connectivity index is 1.42. The van der Waals surface area contributed by atoms with Crippen molar-refractivity contribution in [2.45, 2.75) is 18.9 Å². The van der Waals surface area contributed by atoms with Gasteiger partial charge in [-0.2, -0.15) is 0 Å². The number of hydrogen-bond acceptors (Lipinski definition) is 3. The van der Waals surface area contributed by atoms with Crippen molar-refractivity contribution in [3.63, 3.8) is 0 Å². The summed E-state index contributed by atoms with van der Waals surface area (Å²) in [4.78, 5) is 17.0. The molecule has 1 heterocycles. The number of carbonyl (C=O) groups excluding carboxylic acids is 1. The molecule has 0 aliphatic rings. The highest BCUT2D eigenvalue weighted by Gasteiger charge is 2.17. The third-order valence-corrected chi connectivity index (χ3v) is 4.75. The molecule has 0 aliphatic heterocycles. The molecule has 144 valence electrons. The van der Waals surface area contributed by atoms with Gasteiger partial charge in [-0.1, -0.05) is 91.0 Å². The van der Waals surface area contributed by atoms with Crippen molar-refractivity contribution >= 4 is 5.91 Å². The Morgan fingerprint density at radius 1 is 0.828 bits per heavy atom. The fourth-order valence-electron chi connectivity index (χ4n) is 3.27. The van der Waals surface area contributed by atoms with Gasteiger partial charge in [-0.15, -0.1) is 0 Å². The van der Waals surface area contributed by atoms with Crippen LogP contribution in [0.15, 0.2) is 102 Å². The summed E-state index contributed by atoms with van der Waals surface area (Å²) in [6.07, 6.45) is 2.47. The molecule has 0 radical (unpaired) electrons. The number of hydrogen-bond donors (Lipinski definition) is 1. The van der Waals surface area contributed by atoms with Gasteiger partial charge < -0.3 is 9.73 Å². The second-order valence-electron chi connectivity index (χ2n) is 6.81. The maximum Gasteiger partial charge on any atom is 0.221 e. The van der Waals surface area contributed by atoms with E-state index in [1.54, 1.807) is 6.20 Å². The van der Waals surface area contributed by atoms with Gasteiger partial charge in [0.1, 0.15) is 0 Å². The molecular formula is C25H22N2O2. The Morgan fingerprint density at radius 2 is 1.38 bits per heavy atom. The summed E-state index contributed by atoms with van der Waals surface area (Å²) in [5.74, 6) is 1.24. The van der Waals surface area contributed by atoms with E-state index < -0.39 is 0 Å². The molecule has 0 unspecified atom stereocenters. The van der Waals surface area contributed by atoms with Crippen molar-refractivity contribution in [1.82, 2.24) is 10.3 Å². The van der Waals surface area contributed by atoms with Crippen molar-refractivity contribution in [3.05, 3.63) is 114 Å². The summed E-state index contributed by atoms with van der Waals surface area (Å²) in [5, 5.41) is 3.15. The number of nitrogens with one attached hydrogen (secondary N) is 1. The zero-order valence-corrected chi connectivity index (χ0v) is 16.0. The van der Waals surface area contributed by atoms with Crippen LogP contribution in [0.3, 0.4) is 0 Å². The number of rotatable bonds is 7. The van der Waals surface area contributed by atoms with Crippen LogP contribution in [0.4, 0.5) is 0 Å². The lowest BCUT2D eigenvalue weighted by atomic mass is 9.98. The Hall–Kier alpha value is -3.66. The third kappa shape index (κ3) is 4.79. The molecule has 0 aliphatic carbocycles. The van der Waals surface area contributed by atoms with Crippen LogP contribution < -0.4 is 5.32 Å². The van der Waals surface area contributed by atoms with Crippen LogP contribution in [0.5, 0.6) is 0 Å². The number of benzene rings is 3. The number of carbonyl (C=O) groups is 1. The van der Waals surface area contributed by atoms with Gasteiger partial charge in [0.15, 0.2) is 11.7 Å². The van der Waals surface area contributed by atoms with Crippen molar-refractivity contribution in [2.75, 3.05) is 0 Å². The topological polar surface area (TPSA) is 55.1 Å². The van der Waals surface area contributed by atoms with E-state index in [0.717, 1.165) is 16.7 Å². The summed E-state index contributed by atoms with van der Waals surface area (Å²) >= 11 is 0. The lowest BCUT2D eigenvalue weighted by molar-refractivity contribution is -0.121. The van der Waals surface area contributed by atoms with Gasteiger partial charge in [-0.05, 0) is 11.1 Å². The second-order valence-corrected chi connectivity index (χ2v) is 6.81. The smallest absolute Gasteiger partial charge is 0.221 e. The van der Waals surface area contributed by atoms with Crippen LogP contribution in [0.2, 0.25) is 0 Å². The third-order valence-electron chi connectivity index (χ3n) is 4.75. The molecule has 1 N–H and O–H groups in total. The van der Waals surface area contributed by atoms with E-state index in [9.17, 15) is 4.79 Å². The van der Waals surface area contributed by atoms with Gasteiger partial charge in [0.05, 0.1) is 12.2 Å². The molecule has 4 rings (SSSR count). The molecule has 0 saturated carbocycles. The lowest BCUT2D eigenvalue weighted by Gasteiger charge is -2.19. The van der Waals surface area contributed by atoms with Gasteiger partial charge in [0, 0.05) is 18.4 Å². The standard InChI is InChI=1S/C25H22N2O2/c28-23(16-17-24-26-18-22(29-24)19-10-4-1-5-11-19)27-25(20-12-6-2-7-13-20)21-14-8-3-9-15-21/h1-15,18,25H,16-17H2,(H,27,28). The highest BCUT2D eigenvalue weighted by Crippen LogP contribution is 2.23. The summed E-state index contributed by atoms with van der Waals surface area (Å²) in [6, 6.07) is 29.6. The van der Waals surface area contributed by atoms with Gasteiger partial charge in [0.25, 0.3) is 0 Å². The zero-order valence-electron chi connectivity index (χ0n) is 16.0. The van der Waals surface area contributed by atoms with E-state index in [1.165, 1.54) is 0 Å². The Kier molecular flexibility index (Phi) is 5.81. The van der Waals surface area contributed by atoms with Crippen molar-refractivity contribution in [3.8, 4) is 11.3 Å². The minimum Gasteiger partial charge on any atom is -0.441 e. The van der Waals surface area contributed by atoms with E-state index >= 15 is 0 Å². The number of amides is 1. The van der Waals surface area contributed by atoms with Crippen LogP contribution in [0, 0.1) is 0 Å². The SMILES string of the molecule is O=C(CCc1ncc(-c2ccccc2)o1)NC(c1ccccc1)c1ccccc1. The summed E-state index contributed by atoms with van der Waals surface area (Å²) in [6.45, 7) is 0. The van der Waals surface area contributed by atoms with Crippen LogP contribution >= 0.6 is 0 Å². The predicted octanol–water partition coefficient (Wildman–Crippen LogP) is 5.18. The molecule has 0 atom stereocenters. The average Bonchev–Trinajstić information content (AvgIpc) is 3.27. The van der Waals surface area contributed by atoms with Gasteiger partial charge >= 0.3 is 0 Å². The molecule has 3 aromatic carbocycles. The van der Waals surface area contributed by atoms with Crippen LogP contribution in [0.25, 0.3) is 11.3 Å². The molecular weight excluding hydrogens is 360 g/mol. The van der Waals surface area contributed by atoms with E-state index in [-0.39, 0.29) is 11.9 Å². The summed E-state index contributed by atoms with van der Waals surface area (Å²) < 4.78 is 5.80. The van der Waals surface area contributed by atoms with Gasteiger partial charge in [-0.3, -0.25) is 4.79 Å². The summed E-state index contributed by atoms with van der Waals surface area (Å²) in [7, 11) is 0. The Morgan fingerprint density at radius 3 is 1.97 bits per heavy atom. The molecule has 1 aromatic heterocycles. The maximum absolute atomic E-state index is 12.7. The lowest BCUT2D eigenvalue weighted by Crippen LogP contribution is -2.29. The van der Waals surface area contributed by atoms with E-state index in [4.69, 9.17) is 4.42 Å². The molecule has 4 heteroatoms. The van der Waals surface area contributed by atoms with E-state index in [2.05, 4.69) is 10.3 Å². The van der Waals surface area contributed by atoms with Gasteiger partial charge in [0.2, 0.25) is 5.91 Å². The molecule has 4 nitrogen and oxygen atoms in total. The predicted molar refractivity (Wildman–Crippen MR) is 113 cm³/mol. The van der Waals surface area contributed by atoms with Crippen LogP contribution in [0.1, 0.15) is 29.5 Å². The van der Waals surface area contributed by atoms with Crippen molar-refractivity contribution in [1.29, 1.82) is 0 Å². The minimum absolute atomic E-state index is 0.0397. The quantitative estimate of drug-likeness (QED) is 0.479. The molecule has 0 fully saturated rings. The van der Waals surface area contributed by atoms with Crippen molar-refractivity contribution in [2.24, 2.45) is 0 Å². The molecule has 4 aromatic rings. The number of oxazole rings is 1. The fourth-order valence-corrected chi connectivity index (χ4v) is 3.27. The summed E-state index contributed by atoms with van der Waals surface area (Å²) in [5.41, 5.74) is 3.08. The first-order valence-electron chi connectivity index (χ1n) is 9.69. The minimum atomic E-state index is -0.186. The number of aryl methyl sites for hydroxylation is 1. The number of aromatic nitrogens is 1. The molecule has 1 amide bonds. The van der Waals surface area contributed by atoms with Gasteiger partial charge in [-0.25, -0.2) is 4.98 Å². The second kappa shape index (κ2) is 9.02. The normalized spacial score (nSPS) is 10.8. The zero-order chi connectivity index (χ0) is 19.9. The van der Waals surface area contributed by atoms with E-state index in [1.807, 2.05) is 91.0 Å². The van der Waals surface area contributed by atoms with Crippen molar-refractivity contribution < 1.29 is 9.21 Å². The van der Waals surface area contributed by atoms with E-state index in [0.29, 0.717) is 24.5 Å². The highest BCUT2D eigenvalue weighted by molar-refractivity contribution is 5.77. The molecule has 29 heavy (non-hydrogen) atoms. The monoisotopic (exact) mass is 382 g/mol. The highest BCUT2D eigenvalue weighted by atomic mass is 16.4. The number of nitrogens with zero attached hydrogens (tertiary/aromatic N) is 1. The molecule has 0 saturated heterocycles. The first-order valence-corrected chi connectivity index (χ1v) is 9.69. The van der Waals surface area contributed by atoms with Crippen LogP contribution in [-0.4, -0.2) is 10.9 Å².